The van der Waals surface area contributed by atoms with Crippen molar-refractivity contribution in [3.05, 3.63) is 75.8 Å². The lowest BCUT2D eigenvalue weighted by molar-refractivity contribution is -0.140. The monoisotopic (exact) mass is 440 g/mol. The Bertz CT molecular complexity index is 1070. The van der Waals surface area contributed by atoms with Crippen LogP contribution in [-0.4, -0.2) is 23.0 Å². The molecule has 5 rings (SSSR count). The van der Waals surface area contributed by atoms with Gasteiger partial charge in [0.05, 0.1) is 18.1 Å². The summed E-state index contributed by atoms with van der Waals surface area (Å²) < 4.78 is 5.82. The second-order valence-electron chi connectivity index (χ2n) is 7.83. The van der Waals surface area contributed by atoms with Gasteiger partial charge >= 0.3 is 0 Å². The molecule has 5 nitrogen and oxygen atoms in total. The molecule has 0 spiro atoms. The number of allylic oxidation sites excluding steroid dienone is 2. The van der Waals surface area contributed by atoms with E-state index in [4.69, 9.17) is 27.9 Å². The zero-order chi connectivity index (χ0) is 20.8. The van der Waals surface area contributed by atoms with Crippen LogP contribution in [-0.2, 0) is 16.2 Å². The highest BCUT2D eigenvalue weighted by Crippen LogP contribution is 2.52. The fourth-order valence-corrected chi connectivity index (χ4v) is 5.07. The number of nitrogens with zero attached hydrogens (tertiary/aromatic N) is 2. The lowest BCUT2D eigenvalue weighted by Gasteiger charge is -2.13. The summed E-state index contributed by atoms with van der Waals surface area (Å²) in [5.41, 5.74) is 1.55. The molecule has 2 aromatic carbocycles. The minimum absolute atomic E-state index is 0.174. The number of carbonyl (C=O) groups is 2. The predicted molar refractivity (Wildman–Crippen MR) is 114 cm³/mol. The van der Waals surface area contributed by atoms with Gasteiger partial charge in [-0.2, -0.15) is 10.1 Å². The Morgan fingerprint density at radius 2 is 1.77 bits per heavy atom. The van der Waals surface area contributed by atoms with Crippen molar-refractivity contribution in [1.82, 2.24) is 5.01 Å². The van der Waals surface area contributed by atoms with Crippen LogP contribution in [0.25, 0.3) is 0 Å². The van der Waals surface area contributed by atoms with Gasteiger partial charge in [-0.05, 0) is 48.1 Å². The van der Waals surface area contributed by atoms with Crippen molar-refractivity contribution in [2.45, 2.75) is 13.0 Å². The SMILES string of the molecule is O=C1[C@@H]2[C@H](C(=O)N1N=Cc1cccc(OCc3ccc(Cl)cc3Cl)c1)[C@H]1C=C[C@H]2C1. The zero-order valence-electron chi connectivity index (χ0n) is 15.9. The highest BCUT2D eigenvalue weighted by molar-refractivity contribution is 6.35. The zero-order valence-corrected chi connectivity index (χ0v) is 17.4. The molecule has 1 saturated carbocycles. The number of ether oxygens (including phenoxy) is 1. The molecule has 1 aliphatic heterocycles. The van der Waals surface area contributed by atoms with Gasteiger partial charge in [-0.15, -0.1) is 0 Å². The molecule has 30 heavy (non-hydrogen) atoms. The highest BCUT2D eigenvalue weighted by atomic mass is 35.5. The molecule has 152 valence electrons. The fraction of sp³-hybridized carbons (Fsp3) is 0.261. The molecule has 3 aliphatic rings. The van der Waals surface area contributed by atoms with Gasteiger partial charge in [0.25, 0.3) is 11.8 Å². The molecule has 0 radical (unpaired) electrons. The summed E-state index contributed by atoms with van der Waals surface area (Å²) in [6.07, 6.45) is 6.56. The van der Waals surface area contributed by atoms with E-state index >= 15 is 0 Å². The van der Waals surface area contributed by atoms with Gasteiger partial charge in [-0.25, -0.2) is 0 Å². The molecule has 1 saturated heterocycles. The summed E-state index contributed by atoms with van der Waals surface area (Å²) in [4.78, 5) is 25.4. The smallest absolute Gasteiger partial charge is 0.254 e. The molecule has 0 unspecified atom stereocenters. The predicted octanol–water partition coefficient (Wildman–Crippen LogP) is 4.71. The van der Waals surface area contributed by atoms with E-state index in [1.54, 1.807) is 18.2 Å². The maximum atomic E-state index is 12.7. The maximum absolute atomic E-state index is 12.7. The van der Waals surface area contributed by atoms with E-state index in [2.05, 4.69) is 17.3 Å². The first-order valence-electron chi connectivity index (χ1n) is 9.78. The summed E-state index contributed by atoms with van der Waals surface area (Å²) in [6, 6.07) is 12.5. The van der Waals surface area contributed by atoms with Crippen LogP contribution in [0.5, 0.6) is 5.75 Å². The molecular weight excluding hydrogens is 423 g/mol. The molecule has 1 heterocycles. The number of rotatable bonds is 5. The Kier molecular flexibility index (Phi) is 4.88. The second-order valence-corrected chi connectivity index (χ2v) is 8.67. The Labute approximate surface area is 183 Å². The van der Waals surface area contributed by atoms with Crippen LogP contribution in [0.1, 0.15) is 17.5 Å². The Hall–Kier alpha value is -2.63. The van der Waals surface area contributed by atoms with Crippen LogP contribution in [0.15, 0.2) is 59.7 Å². The topological polar surface area (TPSA) is 59.0 Å². The first kappa shape index (κ1) is 19.3. The number of benzene rings is 2. The Morgan fingerprint density at radius 3 is 2.47 bits per heavy atom. The van der Waals surface area contributed by atoms with E-state index in [0.717, 1.165) is 22.6 Å². The lowest BCUT2D eigenvalue weighted by Crippen LogP contribution is -2.28. The van der Waals surface area contributed by atoms with Crippen molar-refractivity contribution < 1.29 is 14.3 Å². The van der Waals surface area contributed by atoms with Gasteiger partial charge in [0.1, 0.15) is 12.4 Å². The van der Waals surface area contributed by atoms with Crippen LogP contribution in [0.4, 0.5) is 0 Å². The number of amides is 2. The van der Waals surface area contributed by atoms with Crippen LogP contribution < -0.4 is 4.74 Å². The van der Waals surface area contributed by atoms with Crippen LogP contribution in [0.3, 0.4) is 0 Å². The van der Waals surface area contributed by atoms with Crippen molar-refractivity contribution in [2.75, 3.05) is 0 Å². The molecule has 7 heteroatoms. The van der Waals surface area contributed by atoms with Crippen LogP contribution >= 0.6 is 23.2 Å². The third kappa shape index (κ3) is 3.32. The van der Waals surface area contributed by atoms with Gasteiger partial charge in [-0.1, -0.05) is 53.6 Å². The quantitative estimate of drug-likeness (QED) is 0.384. The second kappa shape index (κ2) is 7.56. The number of fused-ring (bicyclic) bond motifs is 5. The number of halogens is 2. The van der Waals surface area contributed by atoms with E-state index in [0.29, 0.717) is 22.4 Å². The van der Waals surface area contributed by atoms with E-state index in [9.17, 15) is 9.59 Å². The first-order chi connectivity index (χ1) is 14.5. The minimum atomic E-state index is -0.247. The molecule has 0 N–H and O–H groups in total. The Morgan fingerprint density at radius 1 is 1.03 bits per heavy atom. The Balaban J connectivity index is 1.27. The number of hydrogen-bond donors (Lipinski definition) is 0. The maximum Gasteiger partial charge on any atom is 0.254 e. The summed E-state index contributed by atoms with van der Waals surface area (Å²) in [7, 11) is 0. The average molecular weight is 441 g/mol. The van der Waals surface area contributed by atoms with Crippen molar-refractivity contribution in [3.8, 4) is 5.75 Å². The molecular formula is C23H18Cl2N2O3. The van der Waals surface area contributed by atoms with E-state index in [1.165, 1.54) is 6.21 Å². The van der Waals surface area contributed by atoms with Gasteiger partial charge < -0.3 is 4.74 Å². The number of carbonyl (C=O) groups excluding carboxylic acids is 2. The van der Waals surface area contributed by atoms with Gasteiger partial charge in [0, 0.05) is 15.6 Å². The molecule has 2 aliphatic carbocycles. The first-order valence-corrected chi connectivity index (χ1v) is 10.5. The van der Waals surface area contributed by atoms with Crippen LogP contribution in [0.2, 0.25) is 10.0 Å². The molecule has 4 atom stereocenters. The van der Waals surface area contributed by atoms with E-state index < -0.39 is 0 Å². The van der Waals surface area contributed by atoms with Crippen molar-refractivity contribution in [1.29, 1.82) is 0 Å². The van der Waals surface area contributed by atoms with E-state index in [1.807, 2.05) is 24.3 Å². The molecule has 2 amide bonds. The molecule has 0 aromatic heterocycles. The summed E-state index contributed by atoms with van der Waals surface area (Å²) in [5, 5.41) is 6.36. The molecule has 2 bridgehead atoms. The normalized spacial score (nSPS) is 26.8. The summed E-state index contributed by atoms with van der Waals surface area (Å²) >= 11 is 12.1. The molecule has 2 fully saturated rings. The summed E-state index contributed by atoms with van der Waals surface area (Å²) in [6.45, 7) is 0.291. The third-order valence-electron chi connectivity index (χ3n) is 6.04. The van der Waals surface area contributed by atoms with Gasteiger partial charge in [0.2, 0.25) is 0 Å². The highest BCUT2D eigenvalue weighted by Gasteiger charge is 2.59. The van der Waals surface area contributed by atoms with Crippen LogP contribution in [0, 0.1) is 23.7 Å². The minimum Gasteiger partial charge on any atom is -0.489 e. The number of hydrazone groups is 1. The standard InChI is InChI=1S/C23H18Cl2N2O3/c24-17-7-6-16(19(25)10-17)12-30-18-3-1-2-13(8-18)11-26-27-22(28)20-14-4-5-15(9-14)21(20)23(27)29/h1-8,10-11,14-15,20-21H,9,12H2/t14-,15-,20-,21+/m0/s1. The van der Waals surface area contributed by atoms with Gasteiger partial charge in [-0.3, -0.25) is 9.59 Å². The number of hydrogen-bond acceptors (Lipinski definition) is 4. The van der Waals surface area contributed by atoms with Crippen molar-refractivity contribution >= 4 is 41.2 Å². The summed E-state index contributed by atoms with van der Waals surface area (Å²) in [5.74, 6) is 0.0990. The van der Waals surface area contributed by atoms with E-state index in [-0.39, 0.29) is 35.5 Å². The molecule has 2 aromatic rings. The lowest BCUT2D eigenvalue weighted by atomic mass is 9.85. The number of imide groups is 1. The van der Waals surface area contributed by atoms with Gasteiger partial charge in [0.15, 0.2) is 0 Å². The fourth-order valence-electron chi connectivity index (χ4n) is 4.61. The third-order valence-corrected chi connectivity index (χ3v) is 6.62. The largest absolute Gasteiger partial charge is 0.489 e. The van der Waals surface area contributed by atoms with Crippen molar-refractivity contribution in [2.24, 2.45) is 28.8 Å². The van der Waals surface area contributed by atoms with Crippen molar-refractivity contribution in [3.63, 3.8) is 0 Å². The average Bonchev–Trinajstić information content (AvgIpc) is 3.41.